The molecule has 0 aromatic heterocycles. The molecule has 1 amide bonds. The first-order chi connectivity index (χ1) is 9.72. The molecule has 0 radical (unpaired) electrons. The highest BCUT2D eigenvalue weighted by Crippen LogP contribution is 2.31. The Bertz CT molecular complexity index is 510. The fraction of sp³-hybridized carbons (Fsp3) is 0.533. The molecule has 1 fully saturated rings. The number of carbonyl (C=O) groups excluding carboxylic acids is 1. The molecule has 5 nitrogen and oxygen atoms in total. The van der Waals surface area contributed by atoms with E-state index in [0.29, 0.717) is 13.2 Å². The smallest absolute Gasteiger partial charge is 0.221 e. The Morgan fingerprint density at radius 2 is 2.05 bits per heavy atom. The number of hydrogen-bond acceptors (Lipinski definition) is 4. The van der Waals surface area contributed by atoms with Gasteiger partial charge in [0.25, 0.3) is 0 Å². The minimum absolute atomic E-state index is 0. The molecule has 116 valence electrons. The third-order valence-electron chi connectivity index (χ3n) is 3.92. The first-order valence-corrected chi connectivity index (χ1v) is 7.12. The number of nitrogens with zero attached hydrogens (tertiary/aromatic N) is 1. The lowest BCUT2D eigenvalue weighted by molar-refractivity contribution is -0.123. The number of piperidine rings is 1. The number of rotatable bonds is 3. The normalized spacial score (nSPS) is 21.4. The number of benzene rings is 1. The fourth-order valence-electron chi connectivity index (χ4n) is 2.88. The molecular weight excluding hydrogens is 292 g/mol. The van der Waals surface area contributed by atoms with Crippen molar-refractivity contribution < 1.29 is 14.3 Å². The van der Waals surface area contributed by atoms with E-state index in [1.54, 1.807) is 0 Å². The van der Waals surface area contributed by atoms with Gasteiger partial charge >= 0.3 is 0 Å². The number of carbonyl (C=O) groups is 1. The first-order valence-electron chi connectivity index (χ1n) is 7.12. The van der Waals surface area contributed by atoms with Gasteiger partial charge in [-0.3, -0.25) is 9.69 Å². The van der Waals surface area contributed by atoms with Gasteiger partial charge in [-0.15, -0.1) is 12.4 Å². The predicted molar refractivity (Wildman–Crippen MR) is 81.9 cm³/mol. The molecule has 1 aromatic rings. The van der Waals surface area contributed by atoms with E-state index in [4.69, 9.17) is 15.2 Å². The monoisotopic (exact) mass is 312 g/mol. The maximum atomic E-state index is 11.3. The summed E-state index contributed by atoms with van der Waals surface area (Å²) < 4.78 is 11.1. The Hall–Kier alpha value is -1.46. The zero-order valence-corrected chi connectivity index (χ0v) is 12.7. The molecule has 2 aliphatic rings. The Morgan fingerprint density at radius 3 is 2.81 bits per heavy atom. The van der Waals surface area contributed by atoms with Gasteiger partial charge in [0.15, 0.2) is 11.5 Å². The molecule has 2 N–H and O–H groups in total. The molecule has 1 unspecified atom stereocenters. The standard InChI is InChI=1S/C15H20N2O3.ClH/c16-15(18)12-2-1-5-17(10-12)9-11-3-4-13-14(8-11)20-7-6-19-13;/h3-4,8,12H,1-2,5-7,9-10H2,(H2,16,18);1H. The number of likely N-dealkylation sites (tertiary alicyclic amines) is 1. The van der Waals surface area contributed by atoms with Crippen molar-refractivity contribution in [2.45, 2.75) is 19.4 Å². The minimum atomic E-state index is -0.183. The summed E-state index contributed by atoms with van der Waals surface area (Å²) in [7, 11) is 0. The van der Waals surface area contributed by atoms with Crippen LogP contribution in [0.3, 0.4) is 0 Å². The largest absolute Gasteiger partial charge is 0.486 e. The number of nitrogens with two attached hydrogens (primary N) is 1. The maximum absolute atomic E-state index is 11.3. The summed E-state index contributed by atoms with van der Waals surface area (Å²) in [6.07, 6.45) is 1.94. The lowest BCUT2D eigenvalue weighted by atomic mass is 9.97. The summed E-state index contributed by atoms with van der Waals surface area (Å²) in [5.74, 6) is 1.43. The summed E-state index contributed by atoms with van der Waals surface area (Å²) in [4.78, 5) is 13.6. The summed E-state index contributed by atoms with van der Waals surface area (Å²) >= 11 is 0. The molecule has 1 saturated heterocycles. The lowest BCUT2D eigenvalue weighted by Gasteiger charge is -2.31. The highest BCUT2D eigenvalue weighted by atomic mass is 35.5. The zero-order chi connectivity index (χ0) is 13.9. The second-order valence-electron chi connectivity index (χ2n) is 5.45. The van der Waals surface area contributed by atoms with Crippen LogP contribution in [0.15, 0.2) is 18.2 Å². The van der Waals surface area contributed by atoms with E-state index in [0.717, 1.165) is 44.0 Å². The van der Waals surface area contributed by atoms with Crippen molar-refractivity contribution in [2.24, 2.45) is 11.7 Å². The van der Waals surface area contributed by atoms with Crippen molar-refractivity contribution in [3.8, 4) is 11.5 Å². The van der Waals surface area contributed by atoms with E-state index < -0.39 is 0 Å². The van der Waals surface area contributed by atoms with E-state index in [1.165, 1.54) is 5.56 Å². The minimum Gasteiger partial charge on any atom is -0.486 e. The van der Waals surface area contributed by atoms with Gasteiger partial charge in [-0.2, -0.15) is 0 Å². The van der Waals surface area contributed by atoms with Crippen LogP contribution in [0.4, 0.5) is 0 Å². The Labute approximate surface area is 130 Å². The van der Waals surface area contributed by atoms with Gasteiger partial charge in [0.2, 0.25) is 5.91 Å². The third-order valence-corrected chi connectivity index (χ3v) is 3.92. The van der Waals surface area contributed by atoms with Crippen molar-refractivity contribution in [2.75, 3.05) is 26.3 Å². The quantitative estimate of drug-likeness (QED) is 0.920. The number of fused-ring (bicyclic) bond motifs is 1. The first kappa shape index (κ1) is 15.9. The molecule has 0 saturated carbocycles. The van der Waals surface area contributed by atoms with Gasteiger partial charge in [0.05, 0.1) is 5.92 Å². The summed E-state index contributed by atoms with van der Waals surface area (Å²) in [6, 6.07) is 6.04. The van der Waals surface area contributed by atoms with Crippen LogP contribution in [0.5, 0.6) is 11.5 Å². The van der Waals surface area contributed by atoms with Gasteiger partial charge in [0, 0.05) is 13.1 Å². The molecule has 6 heteroatoms. The second kappa shape index (κ2) is 7.00. The molecule has 0 aliphatic carbocycles. The van der Waals surface area contributed by atoms with E-state index in [9.17, 15) is 4.79 Å². The molecular formula is C15H21ClN2O3. The Kier molecular flexibility index (Phi) is 5.31. The highest BCUT2D eigenvalue weighted by Gasteiger charge is 2.24. The average molecular weight is 313 g/mol. The molecule has 2 aliphatic heterocycles. The zero-order valence-electron chi connectivity index (χ0n) is 11.9. The number of hydrogen-bond donors (Lipinski definition) is 1. The molecule has 2 heterocycles. The van der Waals surface area contributed by atoms with E-state index in [-0.39, 0.29) is 24.2 Å². The number of ether oxygens (including phenoxy) is 2. The summed E-state index contributed by atoms with van der Waals surface area (Å²) in [5, 5.41) is 0. The SMILES string of the molecule is Cl.NC(=O)C1CCCN(Cc2ccc3c(c2)OCCO3)C1. The molecule has 1 atom stereocenters. The Morgan fingerprint density at radius 1 is 1.29 bits per heavy atom. The van der Waals surface area contributed by atoms with E-state index >= 15 is 0 Å². The van der Waals surface area contributed by atoms with Gasteiger partial charge < -0.3 is 15.2 Å². The number of primary amides is 1. The Balaban J connectivity index is 0.00000161. The third kappa shape index (κ3) is 3.80. The average Bonchev–Trinajstić information content (AvgIpc) is 2.47. The van der Waals surface area contributed by atoms with Crippen molar-refractivity contribution in [3.63, 3.8) is 0 Å². The second-order valence-corrected chi connectivity index (χ2v) is 5.45. The number of halogens is 1. The van der Waals surface area contributed by atoms with Gasteiger partial charge in [-0.25, -0.2) is 0 Å². The molecule has 3 rings (SSSR count). The van der Waals surface area contributed by atoms with Crippen LogP contribution in [0.1, 0.15) is 18.4 Å². The van der Waals surface area contributed by atoms with Crippen molar-refractivity contribution in [3.05, 3.63) is 23.8 Å². The van der Waals surface area contributed by atoms with Crippen LogP contribution in [0.2, 0.25) is 0 Å². The van der Waals surface area contributed by atoms with Gasteiger partial charge in [-0.1, -0.05) is 6.07 Å². The predicted octanol–water partition coefficient (Wildman–Crippen LogP) is 1.58. The van der Waals surface area contributed by atoms with Crippen LogP contribution in [-0.4, -0.2) is 37.1 Å². The van der Waals surface area contributed by atoms with Gasteiger partial charge in [-0.05, 0) is 37.1 Å². The number of amides is 1. The van der Waals surface area contributed by atoms with Crippen LogP contribution in [0, 0.1) is 5.92 Å². The lowest BCUT2D eigenvalue weighted by Crippen LogP contribution is -2.40. The molecule has 0 spiro atoms. The summed E-state index contributed by atoms with van der Waals surface area (Å²) in [6.45, 7) is 3.80. The maximum Gasteiger partial charge on any atom is 0.221 e. The topological polar surface area (TPSA) is 64.8 Å². The van der Waals surface area contributed by atoms with Crippen LogP contribution in [0.25, 0.3) is 0 Å². The van der Waals surface area contributed by atoms with Crippen molar-refractivity contribution in [1.82, 2.24) is 4.90 Å². The molecule has 1 aromatic carbocycles. The fourth-order valence-corrected chi connectivity index (χ4v) is 2.88. The van der Waals surface area contributed by atoms with E-state index in [2.05, 4.69) is 11.0 Å². The van der Waals surface area contributed by atoms with Crippen molar-refractivity contribution >= 4 is 18.3 Å². The van der Waals surface area contributed by atoms with Crippen molar-refractivity contribution in [1.29, 1.82) is 0 Å². The summed E-state index contributed by atoms with van der Waals surface area (Å²) in [5.41, 5.74) is 6.59. The molecule has 21 heavy (non-hydrogen) atoms. The van der Waals surface area contributed by atoms with Crippen LogP contribution in [-0.2, 0) is 11.3 Å². The van der Waals surface area contributed by atoms with E-state index in [1.807, 2.05) is 12.1 Å². The molecule has 0 bridgehead atoms. The van der Waals surface area contributed by atoms with Gasteiger partial charge in [0.1, 0.15) is 13.2 Å². The highest BCUT2D eigenvalue weighted by molar-refractivity contribution is 5.85. The van der Waals surface area contributed by atoms with Crippen LogP contribution >= 0.6 is 12.4 Å². The van der Waals surface area contributed by atoms with Crippen LogP contribution < -0.4 is 15.2 Å².